The molecule has 4 N–H and O–H groups in total. The molecule has 5 nitrogen and oxygen atoms in total. The van der Waals surface area contributed by atoms with Crippen LogP contribution in [0, 0.1) is 0 Å². The highest BCUT2D eigenvalue weighted by Crippen LogP contribution is 2.19. The summed E-state index contributed by atoms with van der Waals surface area (Å²) in [6, 6.07) is 16.5. The number of carbonyl (C=O) groups excluding carboxylic acids is 2. The normalized spacial score (nSPS) is 13.0. The Kier molecular flexibility index (Phi) is 6.09. The van der Waals surface area contributed by atoms with Crippen LogP contribution in [0.15, 0.2) is 54.6 Å². The lowest BCUT2D eigenvalue weighted by Crippen LogP contribution is -2.29. The van der Waals surface area contributed by atoms with Crippen molar-refractivity contribution in [1.82, 2.24) is 5.32 Å². The van der Waals surface area contributed by atoms with Crippen LogP contribution in [0.3, 0.4) is 0 Å². The van der Waals surface area contributed by atoms with Gasteiger partial charge in [0.15, 0.2) is 0 Å². The maximum atomic E-state index is 12.2. The van der Waals surface area contributed by atoms with Gasteiger partial charge in [-0.1, -0.05) is 42.5 Å². The maximum absolute atomic E-state index is 12.2. The number of benzene rings is 2. The molecule has 0 saturated heterocycles. The van der Waals surface area contributed by atoms with Crippen LogP contribution in [0.25, 0.3) is 0 Å². The molecule has 2 aromatic rings. The van der Waals surface area contributed by atoms with E-state index in [0.29, 0.717) is 5.69 Å². The summed E-state index contributed by atoms with van der Waals surface area (Å²) >= 11 is 0. The van der Waals surface area contributed by atoms with E-state index in [9.17, 15) is 9.59 Å². The fourth-order valence-corrected chi connectivity index (χ4v) is 2.49. The molecule has 0 aliphatic carbocycles. The molecule has 2 atom stereocenters. The molecule has 0 radical (unpaired) electrons. The largest absolute Gasteiger partial charge is 0.350 e. The van der Waals surface area contributed by atoms with E-state index >= 15 is 0 Å². The molecule has 0 aliphatic rings. The minimum absolute atomic E-state index is 0.108. The molecular formula is C19H23N3O2. The molecule has 0 heterocycles. The molecular weight excluding hydrogens is 302 g/mol. The molecule has 0 aliphatic heterocycles. The number of nitrogens with two attached hydrogens (primary N) is 1. The zero-order valence-corrected chi connectivity index (χ0v) is 14.0. The third-order valence-corrected chi connectivity index (χ3v) is 3.72. The first-order chi connectivity index (χ1) is 11.5. The molecule has 0 aromatic heterocycles. The number of amides is 2. The van der Waals surface area contributed by atoms with Crippen LogP contribution < -0.4 is 16.4 Å². The predicted molar refractivity (Wildman–Crippen MR) is 95.3 cm³/mol. The van der Waals surface area contributed by atoms with Crippen molar-refractivity contribution in [2.75, 3.05) is 5.32 Å². The van der Waals surface area contributed by atoms with Crippen molar-refractivity contribution in [2.45, 2.75) is 32.4 Å². The average molecular weight is 325 g/mol. The summed E-state index contributed by atoms with van der Waals surface area (Å²) in [6.45, 7) is 3.36. The van der Waals surface area contributed by atoms with Crippen molar-refractivity contribution in [3.8, 4) is 0 Å². The van der Waals surface area contributed by atoms with E-state index in [2.05, 4.69) is 10.6 Å². The van der Waals surface area contributed by atoms with Crippen molar-refractivity contribution in [3.63, 3.8) is 0 Å². The second-order valence-electron chi connectivity index (χ2n) is 5.82. The van der Waals surface area contributed by atoms with E-state index in [4.69, 9.17) is 5.73 Å². The van der Waals surface area contributed by atoms with Gasteiger partial charge in [-0.3, -0.25) is 9.59 Å². The van der Waals surface area contributed by atoms with Crippen LogP contribution >= 0.6 is 0 Å². The molecule has 0 saturated carbocycles. The summed E-state index contributed by atoms with van der Waals surface area (Å²) in [5.74, 6) is -0.235. The number of rotatable bonds is 6. The predicted octanol–water partition coefficient (Wildman–Crippen LogP) is 2.91. The number of anilines is 1. The molecule has 126 valence electrons. The van der Waals surface area contributed by atoms with E-state index in [1.54, 1.807) is 0 Å². The van der Waals surface area contributed by atoms with E-state index in [1.165, 1.54) is 6.92 Å². The zero-order chi connectivity index (χ0) is 17.5. The lowest BCUT2D eigenvalue weighted by atomic mass is 10.0. The first kappa shape index (κ1) is 17.7. The number of hydrogen-bond acceptors (Lipinski definition) is 3. The van der Waals surface area contributed by atoms with Gasteiger partial charge in [0.2, 0.25) is 11.8 Å². The van der Waals surface area contributed by atoms with Crippen LogP contribution in [0.4, 0.5) is 5.69 Å². The summed E-state index contributed by atoms with van der Waals surface area (Å²) in [6.07, 6.45) is 0.222. The molecule has 5 heteroatoms. The fraction of sp³-hybridized carbons (Fsp3) is 0.263. The van der Waals surface area contributed by atoms with E-state index in [-0.39, 0.29) is 30.3 Å². The van der Waals surface area contributed by atoms with Gasteiger partial charge in [0.25, 0.3) is 0 Å². The Labute approximate surface area is 142 Å². The van der Waals surface area contributed by atoms with Gasteiger partial charge in [-0.2, -0.15) is 0 Å². The average Bonchev–Trinajstić information content (AvgIpc) is 2.55. The van der Waals surface area contributed by atoms with Crippen molar-refractivity contribution in [3.05, 3.63) is 65.7 Å². The Morgan fingerprint density at radius 3 is 2.38 bits per heavy atom. The maximum Gasteiger partial charge on any atom is 0.222 e. The van der Waals surface area contributed by atoms with Gasteiger partial charge >= 0.3 is 0 Å². The van der Waals surface area contributed by atoms with Crippen molar-refractivity contribution >= 4 is 17.5 Å². The summed E-state index contributed by atoms with van der Waals surface area (Å²) < 4.78 is 0. The van der Waals surface area contributed by atoms with E-state index < -0.39 is 0 Å². The van der Waals surface area contributed by atoms with Crippen molar-refractivity contribution in [1.29, 1.82) is 0 Å². The molecule has 0 spiro atoms. The van der Waals surface area contributed by atoms with Gasteiger partial charge in [-0.15, -0.1) is 0 Å². The van der Waals surface area contributed by atoms with Crippen LogP contribution in [-0.4, -0.2) is 11.8 Å². The van der Waals surface area contributed by atoms with Crippen molar-refractivity contribution in [2.24, 2.45) is 5.73 Å². The lowest BCUT2D eigenvalue weighted by molar-refractivity contribution is -0.122. The summed E-state index contributed by atoms with van der Waals surface area (Å²) in [5.41, 5.74) is 8.65. The molecule has 24 heavy (non-hydrogen) atoms. The summed E-state index contributed by atoms with van der Waals surface area (Å²) in [4.78, 5) is 23.3. The minimum atomic E-state index is -0.330. The number of hydrogen-bond donors (Lipinski definition) is 3. The third-order valence-electron chi connectivity index (χ3n) is 3.72. The Hall–Kier alpha value is -2.66. The van der Waals surface area contributed by atoms with Gasteiger partial charge in [0.1, 0.15) is 0 Å². The van der Waals surface area contributed by atoms with Gasteiger partial charge in [0.05, 0.1) is 6.04 Å². The third kappa shape index (κ3) is 5.21. The van der Waals surface area contributed by atoms with Gasteiger partial charge in [0, 0.05) is 25.1 Å². The zero-order valence-electron chi connectivity index (χ0n) is 14.0. The van der Waals surface area contributed by atoms with Crippen molar-refractivity contribution < 1.29 is 9.59 Å². The van der Waals surface area contributed by atoms with Gasteiger partial charge < -0.3 is 16.4 Å². The SMILES string of the molecule is CC(=O)Nc1cccc(C(C)NC(=O)CC(N)c2ccccc2)c1. The first-order valence-corrected chi connectivity index (χ1v) is 7.93. The van der Waals surface area contributed by atoms with E-state index in [1.807, 2.05) is 61.5 Å². The van der Waals surface area contributed by atoms with Gasteiger partial charge in [-0.05, 0) is 30.2 Å². The minimum Gasteiger partial charge on any atom is -0.350 e. The quantitative estimate of drug-likeness (QED) is 0.763. The molecule has 0 fully saturated rings. The monoisotopic (exact) mass is 325 g/mol. The number of carbonyl (C=O) groups is 2. The Morgan fingerprint density at radius 1 is 1.04 bits per heavy atom. The second kappa shape index (κ2) is 8.26. The van der Waals surface area contributed by atoms with Crippen LogP contribution in [0.5, 0.6) is 0 Å². The smallest absolute Gasteiger partial charge is 0.222 e. The topological polar surface area (TPSA) is 84.2 Å². The molecule has 2 rings (SSSR count). The highest BCUT2D eigenvalue weighted by molar-refractivity contribution is 5.88. The molecule has 2 amide bonds. The standard InChI is InChI=1S/C19H23N3O2/c1-13(16-9-6-10-17(11-16)22-14(2)23)21-19(24)12-18(20)15-7-4-3-5-8-15/h3-11,13,18H,12,20H2,1-2H3,(H,21,24)(H,22,23). The van der Waals surface area contributed by atoms with Crippen LogP contribution in [0.1, 0.15) is 43.5 Å². The summed E-state index contributed by atoms with van der Waals surface area (Å²) in [7, 11) is 0. The molecule has 2 aromatic carbocycles. The molecule has 0 bridgehead atoms. The summed E-state index contributed by atoms with van der Waals surface area (Å²) in [5, 5.41) is 5.68. The fourth-order valence-electron chi connectivity index (χ4n) is 2.49. The Bertz CT molecular complexity index is 701. The molecule has 2 unspecified atom stereocenters. The highest BCUT2D eigenvalue weighted by Gasteiger charge is 2.14. The van der Waals surface area contributed by atoms with E-state index in [0.717, 1.165) is 11.1 Å². The Morgan fingerprint density at radius 2 is 1.71 bits per heavy atom. The van der Waals surface area contributed by atoms with Gasteiger partial charge in [-0.25, -0.2) is 0 Å². The second-order valence-corrected chi connectivity index (χ2v) is 5.82. The Balaban J connectivity index is 1.95. The highest BCUT2D eigenvalue weighted by atomic mass is 16.2. The lowest BCUT2D eigenvalue weighted by Gasteiger charge is -2.17. The van der Waals surface area contributed by atoms with Crippen LogP contribution in [0.2, 0.25) is 0 Å². The number of nitrogens with one attached hydrogen (secondary N) is 2. The van der Waals surface area contributed by atoms with Crippen LogP contribution in [-0.2, 0) is 9.59 Å². The first-order valence-electron chi connectivity index (χ1n) is 7.93.